The Morgan fingerprint density at radius 1 is 1.39 bits per heavy atom. The second kappa shape index (κ2) is 4.26. The molecule has 0 bridgehead atoms. The summed E-state index contributed by atoms with van der Waals surface area (Å²) in [6.45, 7) is 0. The van der Waals surface area contributed by atoms with Crippen molar-refractivity contribution in [1.82, 2.24) is 4.98 Å². The first kappa shape index (κ1) is 12.9. The zero-order valence-electron chi connectivity index (χ0n) is 9.75. The van der Waals surface area contributed by atoms with E-state index in [-0.39, 0.29) is 24.2 Å². The summed E-state index contributed by atoms with van der Waals surface area (Å²) in [5.41, 5.74) is -2.08. The first-order valence-electron chi connectivity index (χ1n) is 5.53. The number of nitrogens with zero attached hydrogens (tertiary/aromatic N) is 1. The third-order valence-corrected chi connectivity index (χ3v) is 3.38. The van der Waals surface area contributed by atoms with E-state index in [1.807, 2.05) is 0 Å². The molecule has 0 unspecified atom stereocenters. The Bertz CT molecular complexity index is 467. The van der Waals surface area contributed by atoms with Crippen molar-refractivity contribution in [2.75, 3.05) is 7.11 Å². The van der Waals surface area contributed by atoms with E-state index in [0.29, 0.717) is 6.42 Å². The number of rotatable bonds is 2. The standard InChI is InChI=1S/C12H12F3NO2/c1-18-10(17)8-4-2-5-9(16-8)11(6-3-7-11)12(13,14)15/h2,4-5H,3,6-7H2,1H3. The second-order valence-corrected chi connectivity index (χ2v) is 4.33. The van der Waals surface area contributed by atoms with E-state index in [4.69, 9.17) is 0 Å². The summed E-state index contributed by atoms with van der Waals surface area (Å²) in [7, 11) is 1.17. The molecule has 0 radical (unpaired) electrons. The van der Waals surface area contributed by atoms with Crippen LogP contribution in [0.25, 0.3) is 0 Å². The Labute approximate surface area is 102 Å². The van der Waals surface area contributed by atoms with Gasteiger partial charge in [0, 0.05) is 0 Å². The number of hydrogen-bond acceptors (Lipinski definition) is 3. The highest BCUT2D eigenvalue weighted by molar-refractivity contribution is 5.87. The number of methoxy groups -OCH3 is 1. The second-order valence-electron chi connectivity index (χ2n) is 4.33. The molecule has 1 aliphatic carbocycles. The molecule has 1 aromatic heterocycles. The van der Waals surface area contributed by atoms with Crippen LogP contribution in [0, 0.1) is 0 Å². The molecule has 0 amide bonds. The molecule has 1 aromatic rings. The molecule has 18 heavy (non-hydrogen) atoms. The van der Waals surface area contributed by atoms with Crippen LogP contribution >= 0.6 is 0 Å². The summed E-state index contributed by atoms with van der Waals surface area (Å²) < 4.78 is 43.8. The molecule has 0 saturated heterocycles. The topological polar surface area (TPSA) is 39.2 Å². The van der Waals surface area contributed by atoms with Gasteiger partial charge in [-0.2, -0.15) is 13.2 Å². The van der Waals surface area contributed by atoms with Crippen LogP contribution in [0.2, 0.25) is 0 Å². The van der Waals surface area contributed by atoms with E-state index in [9.17, 15) is 18.0 Å². The predicted octanol–water partition coefficient (Wildman–Crippen LogP) is 2.85. The summed E-state index contributed by atoms with van der Waals surface area (Å²) in [5.74, 6) is -0.728. The van der Waals surface area contributed by atoms with E-state index in [1.165, 1.54) is 25.3 Å². The van der Waals surface area contributed by atoms with Crippen LogP contribution in [0.15, 0.2) is 18.2 Å². The maximum absolute atomic E-state index is 13.1. The van der Waals surface area contributed by atoms with E-state index in [0.717, 1.165) is 0 Å². The number of pyridine rings is 1. The minimum atomic E-state index is -4.34. The van der Waals surface area contributed by atoms with Crippen LogP contribution in [0.1, 0.15) is 35.4 Å². The smallest absolute Gasteiger partial charge is 0.399 e. The Balaban J connectivity index is 2.42. The van der Waals surface area contributed by atoms with Crippen molar-refractivity contribution in [2.45, 2.75) is 30.9 Å². The number of aromatic nitrogens is 1. The van der Waals surface area contributed by atoms with Crippen molar-refractivity contribution in [1.29, 1.82) is 0 Å². The highest BCUT2D eigenvalue weighted by atomic mass is 19.4. The molecule has 0 aliphatic heterocycles. The quantitative estimate of drug-likeness (QED) is 0.766. The Morgan fingerprint density at radius 3 is 2.50 bits per heavy atom. The van der Waals surface area contributed by atoms with Gasteiger partial charge >= 0.3 is 12.1 Å². The van der Waals surface area contributed by atoms with Gasteiger partial charge in [-0.25, -0.2) is 9.78 Å². The highest BCUT2D eigenvalue weighted by Crippen LogP contribution is 2.53. The van der Waals surface area contributed by atoms with Crippen molar-refractivity contribution in [2.24, 2.45) is 0 Å². The van der Waals surface area contributed by atoms with Gasteiger partial charge in [0.25, 0.3) is 0 Å². The highest BCUT2D eigenvalue weighted by Gasteiger charge is 2.60. The summed E-state index contributed by atoms with van der Waals surface area (Å²) in [6.07, 6.45) is -3.78. The van der Waals surface area contributed by atoms with Gasteiger partial charge in [0.2, 0.25) is 0 Å². The summed E-state index contributed by atoms with van der Waals surface area (Å²) in [4.78, 5) is 15.1. The van der Waals surface area contributed by atoms with Gasteiger partial charge in [0.05, 0.1) is 12.8 Å². The Hall–Kier alpha value is -1.59. The van der Waals surface area contributed by atoms with Gasteiger partial charge in [-0.05, 0) is 25.0 Å². The largest absolute Gasteiger partial charge is 0.464 e. The van der Waals surface area contributed by atoms with E-state index in [1.54, 1.807) is 0 Å². The maximum Gasteiger partial charge on any atom is 0.399 e. The zero-order chi connectivity index (χ0) is 13.4. The van der Waals surface area contributed by atoms with Crippen LogP contribution < -0.4 is 0 Å². The van der Waals surface area contributed by atoms with Gasteiger partial charge in [0.1, 0.15) is 11.1 Å². The van der Waals surface area contributed by atoms with Crippen LogP contribution in [0.3, 0.4) is 0 Å². The predicted molar refractivity (Wildman–Crippen MR) is 57.2 cm³/mol. The van der Waals surface area contributed by atoms with Crippen molar-refractivity contribution in [3.63, 3.8) is 0 Å². The number of ether oxygens (including phenoxy) is 1. The fourth-order valence-electron chi connectivity index (χ4n) is 2.13. The normalized spacial score (nSPS) is 18.0. The third-order valence-electron chi connectivity index (χ3n) is 3.38. The number of carbonyl (C=O) groups excluding carboxylic acids is 1. The fraction of sp³-hybridized carbons (Fsp3) is 0.500. The molecule has 1 heterocycles. The van der Waals surface area contributed by atoms with Crippen molar-refractivity contribution in [3.8, 4) is 0 Å². The fourth-order valence-corrected chi connectivity index (χ4v) is 2.13. The average Bonchev–Trinajstić information content (AvgIpc) is 2.25. The molecule has 1 fully saturated rings. The molecule has 0 atom stereocenters. The number of carbonyl (C=O) groups is 1. The van der Waals surface area contributed by atoms with Gasteiger partial charge in [-0.15, -0.1) is 0 Å². The zero-order valence-corrected chi connectivity index (χ0v) is 9.75. The van der Waals surface area contributed by atoms with E-state index < -0.39 is 17.6 Å². The number of alkyl halides is 3. The van der Waals surface area contributed by atoms with Crippen LogP contribution in [0.4, 0.5) is 13.2 Å². The van der Waals surface area contributed by atoms with Crippen molar-refractivity contribution < 1.29 is 22.7 Å². The minimum absolute atomic E-state index is 0.0220. The van der Waals surface area contributed by atoms with Gasteiger partial charge < -0.3 is 4.74 Å². The molecule has 0 spiro atoms. The lowest BCUT2D eigenvalue weighted by atomic mass is 9.66. The molecule has 6 heteroatoms. The molecule has 98 valence electrons. The van der Waals surface area contributed by atoms with Crippen molar-refractivity contribution >= 4 is 5.97 Å². The summed E-state index contributed by atoms with van der Waals surface area (Å²) in [6, 6.07) is 4.07. The molecule has 1 aliphatic rings. The number of esters is 1. The van der Waals surface area contributed by atoms with Gasteiger partial charge in [-0.1, -0.05) is 12.5 Å². The Morgan fingerprint density at radius 2 is 2.06 bits per heavy atom. The Kier molecular flexibility index (Phi) is 3.04. The monoisotopic (exact) mass is 259 g/mol. The molecule has 0 aromatic carbocycles. The summed E-state index contributed by atoms with van der Waals surface area (Å²) in [5, 5.41) is 0. The van der Waals surface area contributed by atoms with Gasteiger partial charge in [0.15, 0.2) is 0 Å². The molecule has 0 N–H and O–H groups in total. The molecular formula is C12H12F3NO2. The van der Waals surface area contributed by atoms with E-state index in [2.05, 4.69) is 9.72 Å². The number of hydrogen-bond donors (Lipinski definition) is 0. The minimum Gasteiger partial charge on any atom is -0.464 e. The third kappa shape index (κ3) is 1.85. The van der Waals surface area contributed by atoms with Crippen LogP contribution in [-0.4, -0.2) is 24.2 Å². The SMILES string of the molecule is COC(=O)c1cccc(C2(C(F)(F)F)CCC2)n1. The molecular weight excluding hydrogens is 247 g/mol. The lowest BCUT2D eigenvalue weighted by Gasteiger charge is -2.42. The molecule has 1 saturated carbocycles. The molecule has 2 rings (SSSR count). The number of halogens is 3. The van der Waals surface area contributed by atoms with Gasteiger partial charge in [-0.3, -0.25) is 0 Å². The lowest BCUT2D eigenvalue weighted by Crippen LogP contribution is -2.48. The first-order valence-corrected chi connectivity index (χ1v) is 5.53. The maximum atomic E-state index is 13.1. The first-order chi connectivity index (χ1) is 8.40. The average molecular weight is 259 g/mol. The van der Waals surface area contributed by atoms with Crippen molar-refractivity contribution in [3.05, 3.63) is 29.6 Å². The van der Waals surface area contributed by atoms with Crippen LogP contribution in [-0.2, 0) is 10.2 Å². The molecule has 3 nitrogen and oxygen atoms in total. The van der Waals surface area contributed by atoms with E-state index >= 15 is 0 Å². The lowest BCUT2D eigenvalue weighted by molar-refractivity contribution is -0.214. The summed E-state index contributed by atoms with van der Waals surface area (Å²) >= 11 is 0. The van der Waals surface area contributed by atoms with Crippen LogP contribution in [0.5, 0.6) is 0 Å².